The van der Waals surface area contributed by atoms with Crippen LogP contribution in [0.4, 0.5) is 0 Å². The molecule has 1 saturated carbocycles. The van der Waals surface area contributed by atoms with Crippen molar-refractivity contribution in [3.63, 3.8) is 0 Å². The van der Waals surface area contributed by atoms with Gasteiger partial charge in [-0.15, -0.1) is 12.4 Å². The van der Waals surface area contributed by atoms with Gasteiger partial charge in [-0.1, -0.05) is 6.42 Å². The summed E-state index contributed by atoms with van der Waals surface area (Å²) in [7, 11) is 1.31. The van der Waals surface area contributed by atoms with E-state index in [0.29, 0.717) is 12.5 Å². The molecule has 1 rings (SSSR count). The monoisotopic (exact) mass is 167 g/mol. The minimum absolute atomic E-state index is 0. The molecule has 62 valence electrons. The molecule has 3 nitrogen and oxygen atoms in total. The fourth-order valence-electron chi connectivity index (χ4n) is 0.440. The maximum atomic E-state index is 8.95. The van der Waals surface area contributed by atoms with Crippen molar-refractivity contribution in [2.24, 2.45) is 5.73 Å². The molecule has 10 heavy (non-hydrogen) atoms. The molecule has 0 aromatic heterocycles. The number of rotatable bonds is 1. The molecule has 0 aromatic carbocycles. The number of methoxy groups -OCH3 is 1. The van der Waals surface area contributed by atoms with E-state index in [1.54, 1.807) is 0 Å². The molecular weight excluding hydrogens is 154 g/mol. The van der Waals surface area contributed by atoms with E-state index in [0.717, 1.165) is 0 Å². The van der Waals surface area contributed by atoms with Gasteiger partial charge in [-0.05, 0) is 12.8 Å². The molecule has 0 spiro atoms. The molecule has 0 saturated heterocycles. The van der Waals surface area contributed by atoms with E-state index in [4.69, 9.17) is 10.5 Å². The summed E-state index contributed by atoms with van der Waals surface area (Å²) in [6.45, 7) is 0.375. The third kappa shape index (κ3) is 7.72. The Labute approximate surface area is 67.3 Å². The van der Waals surface area contributed by atoms with Crippen molar-refractivity contribution < 1.29 is 9.53 Å². The SMILES string of the molecule is COC=O.Cl.NC1CCC1. The van der Waals surface area contributed by atoms with Crippen LogP contribution in [0.15, 0.2) is 0 Å². The lowest BCUT2D eigenvalue weighted by Gasteiger charge is -2.18. The first kappa shape index (κ1) is 12.4. The quantitative estimate of drug-likeness (QED) is 0.586. The van der Waals surface area contributed by atoms with Gasteiger partial charge in [0.05, 0.1) is 7.11 Å². The van der Waals surface area contributed by atoms with Crippen molar-refractivity contribution in [2.45, 2.75) is 25.3 Å². The van der Waals surface area contributed by atoms with Gasteiger partial charge in [0.1, 0.15) is 0 Å². The molecule has 0 aromatic rings. The molecule has 2 N–H and O–H groups in total. The molecule has 0 bridgehead atoms. The van der Waals surface area contributed by atoms with Crippen LogP contribution in [-0.2, 0) is 9.53 Å². The van der Waals surface area contributed by atoms with Crippen LogP contribution < -0.4 is 5.73 Å². The van der Waals surface area contributed by atoms with Crippen LogP contribution in [0.3, 0.4) is 0 Å². The lowest BCUT2D eigenvalue weighted by Crippen LogP contribution is -2.27. The molecule has 0 atom stereocenters. The minimum Gasteiger partial charge on any atom is -0.471 e. The topological polar surface area (TPSA) is 52.3 Å². The number of nitrogens with two attached hydrogens (primary N) is 1. The van der Waals surface area contributed by atoms with Crippen LogP contribution in [0, 0.1) is 0 Å². The second-order valence-electron chi connectivity index (χ2n) is 2.02. The summed E-state index contributed by atoms with van der Waals surface area (Å²) in [4.78, 5) is 8.95. The van der Waals surface area contributed by atoms with Crippen molar-refractivity contribution in [2.75, 3.05) is 7.11 Å². The average molecular weight is 168 g/mol. The Morgan fingerprint density at radius 1 is 1.60 bits per heavy atom. The molecular formula is C6H14ClNO2. The summed E-state index contributed by atoms with van der Waals surface area (Å²) >= 11 is 0. The Hall–Kier alpha value is -0.280. The van der Waals surface area contributed by atoms with Gasteiger partial charge in [0.15, 0.2) is 0 Å². The Balaban J connectivity index is 0. The summed E-state index contributed by atoms with van der Waals surface area (Å²) in [5.41, 5.74) is 5.38. The van der Waals surface area contributed by atoms with E-state index in [1.807, 2.05) is 0 Å². The van der Waals surface area contributed by atoms with Crippen LogP contribution in [0.5, 0.6) is 0 Å². The van der Waals surface area contributed by atoms with Crippen LogP contribution in [0.25, 0.3) is 0 Å². The first-order valence-electron chi connectivity index (χ1n) is 3.03. The molecule has 0 unspecified atom stereocenters. The number of hydrogen-bond donors (Lipinski definition) is 1. The second-order valence-corrected chi connectivity index (χ2v) is 2.02. The largest absolute Gasteiger partial charge is 0.471 e. The number of carbonyl (C=O) groups excluding carboxylic acids is 1. The van der Waals surface area contributed by atoms with Crippen molar-refractivity contribution in [1.82, 2.24) is 0 Å². The Kier molecular flexibility index (Phi) is 10.8. The number of hydrogen-bond acceptors (Lipinski definition) is 3. The predicted octanol–water partition coefficient (Wildman–Crippen LogP) is 0.709. The molecule has 1 fully saturated rings. The third-order valence-corrected chi connectivity index (χ3v) is 1.25. The van der Waals surface area contributed by atoms with Crippen molar-refractivity contribution in [1.29, 1.82) is 0 Å². The van der Waals surface area contributed by atoms with E-state index in [1.165, 1.54) is 26.4 Å². The molecule has 0 aliphatic heterocycles. The molecule has 1 aliphatic rings. The zero-order chi connectivity index (χ0) is 7.11. The van der Waals surface area contributed by atoms with Gasteiger partial charge in [-0.3, -0.25) is 4.79 Å². The zero-order valence-electron chi connectivity index (χ0n) is 6.08. The smallest absolute Gasteiger partial charge is 0.292 e. The predicted molar refractivity (Wildman–Crippen MR) is 42.1 cm³/mol. The maximum Gasteiger partial charge on any atom is 0.292 e. The van der Waals surface area contributed by atoms with Gasteiger partial charge in [0.2, 0.25) is 0 Å². The normalized spacial score (nSPS) is 15.0. The van der Waals surface area contributed by atoms with Gasteiger partial charge in [-0.2, -0.15) is 0 Å². The van der Waals surface area contributed by atoms with Crippen molar-refractivity contribution in [3.05, 3.63) is 0 Å². The van der Waals surface area contributed by atoms with E-state index in [-0.39, 0.29) is 12.4 Å². The molecule has 0 radical (unpaired) electrons. The highest BCUT2D eigenvalue weighted by molar-refractivity contribution is 5.85. The van der Waals surface area contributed by atoms with E-state index in [2.05, 4.69) is 4.74 Å². The fourth-order valence-corrected chi connectivity index (χ4v) is 0.440. The van der Waals surface area contributed by atoms with Crippen LogP contribution in [0.1, 0.15) is 19.3 Å². The van der Waals surface area contributed by atoms with E-state index < -0.39 is 0 Å². The first-order valence-corrected chi connectivity index (χ1v) is 3.03. The third-order valence-electron chi connectivity index (χ3n) is 1.25. The average Bonchev–Trinajstić information content (AvgIpc) is 1.84. The Morgan fingerprint density at radius 2 is 1.90 bits per heavy atom. The minimum atomic E-state index is 0. The second kappa shape index (κ2) is 8.72. The number of carbonyl (C=O) groups is 1. The van der Waals surface area contributed by atoms with Gasteiger partial charge in [-0.25, -0.2) is 0 Å². The van der Waals surface area contributed by atoms with Crippen LogP contribution >= 0.6 is 12.4 Å². The molecule has 0 heterocycles. The van der Waals surface area contributed by atoms with E-state index >= 15 is 0 Å². The molecule has 4 heteroatoms. The lowest BCUT2D eigenvalue weighted by molar-refractivity contribution is -0.126. The van der Waals surface area contributed by atoms with Gasteiger partial charge >= 0.3 is 0 Å². The zero-order valence-corrected chi connectivity index (χ0v) is 6.89. The van der Waals surface area contributed by atoms with Crippen molar-refractivity contribution in [3.8, 4) is 0 Å². The summed E-state index contributed by atoms with van der Waals surface area (Å²) in [6, 6.07) is 0.565. The van der Waals surface area contributed by atoms with Gasteiger partial charge in [0, 0.05) is 6.04 Å². The van der Waals surface area contributed by atoms with Crippen LogP contribution in [0.2, 0.25) is 0 Å². The Morgan fingerprint density at radius 3 is 1.90 bits per heavy atom. The van der Waals surface area contributed by atoms with Gasteiger partial charge in [0.25, 0.3) is 6.47 Å². The fraction of sp³-hybridized carbons (Fsp3) is 0.833. The number of ether oxygens (including phenoxy) is 1. The summed E-state index contributed by atoms with van der Waals surface area (Å²) < 4.78 is 3.86. The van der Waals surface area contributed by atoms with Crippen LogP contribution in [-0.4, -0.2) is 19.6 Å². The van der Waals surface area contributed by atoms with Crippen molar-refractivity contribution >= 4 is 18.9 Å². The van der Waals surface area contributed by atoms with Gasteiger partial charge < -0.3 is 10.5 Å². The summed E-state index contributed by atoms with van der Waals surface area (Å²) in [5.74, 6) is 0. The number of halogens is 1. The highest BCUT2D eigenvalue weighted by Crippen LogP contribution is 2.14. The summed E-state index contributed by atoms with van der Waals surface area (Å²) in [5, 5.41) is 0. The lowest BCUT2D eigenvalue weighted by atomic mass is 9.95. The highest BCUT2D eigenvalue weighted by atomic mass is 35.5. The first-order chi connectivity index (χ1) is 4.31. The molecule has 0 amide bonds. The molecule has 1 aliphatic carbocycles. The van der Waals surface area contributed by atoms with E-state index in [9.17, 15) is 0 Å². The maximum absolute atomic E-state index is 8.95. The highest BCUT2D eigenvalue weighted by Gasteiger charge is 2.09. The standard InChI is InChI=1S/C4H9N.C2H4O2.ClH/c5-4-2-1-3-4;1-4-2-3;/h4H,1-3,5H2;2H,1H3;1H. The Bertz CT molecular complexity index is 76.1. The summed E-state index contributed by atoms with van der Waals surface area (Å²) in [6.07, 6.45) is 3.89.